The SMILES string of the molecule is C[Si](C)(C)C#CC[C@H](NP(=O)(c1ccccc1)c1ccccc1)c1ccco1. The zero-order chi connectivity index (χ0) is 20.0. The van der Waals surface area contributed by atoms with Crippen molar-refractivity contribution in [3.8, 4) is 11.5 Å². The zero-order valence-corrected chi connectivity index (χ0v) is 18.4. The van der Waals surface area contributed by atoms with Gasteiger partial charge in [-0.25, -0.2) is 5.09 Å². The summed E-state index contributed by atoms with van der Waals surface area (Å²) >= 11 is 0. The summed E-state index contributed by atoms with van der Waals surface area (Å²) < 4.78 is 19.9. The van der Waals surface area contributed by atoms with Gasteiger partial charge in [0.1, 0.15) is 13.8 Å². The second-order valence-electron chi connectivity index (χ2n) is 7.73. The van der Waals surface area contributed by atoms with E-state index in [4.69, 9.17) is 4.42 Å². The standard InChI is InChI=1S/C23H26NO2PSi/c1-28(2,3)19-11-16-22(23-17-10-18-26-23)24-27(25,20-12-6-4-7-13-20)21-14-8-5-9-15-21/h4-10,12-15,17-18,22H,16H2,1-3H3,(H,24,25)/t22-/m0/s1. The molecule has 0 amide bonds. The van der Waals surface area contributed by atoms with Gasteiger partial charge in [0.15, 0.2) is 0 Å². The summed E-state index contributed by atoms with van der Waals surface area (Å²) in [7, 11) is -4.55. The number of benzene rings is 2. The van der Waals surface area contributed by atoms with Gasteiger partial charge in [-0.1, -0.05) is 56.0 Å². The highest BCUT2D eigenvalue weighted by molar-refractivity contribution is 7.76. The highest BCUT2D eigenvalue weighted by Crippen LogP contribution is 2.42. The Kier molecular flexibility index (Phi) is 6.41. The van der Waals surface area contributed by atoms with Crippen LogP contribution in [0.5, 0.6) is 0 Å². The first kappa shape index (κ1) is 20.4. The average Bonchev–Trinajstić information content (AvgIpc) is 3.22. The molecule has 1 atom stereocenters. The summed E-state index contributed by atoms with van der Waals surface area (Å²) in [5, 5.41) is 4.97. The summed E-state index contributed by atoms with van der Waals surface area (Å²) in [4.78, 5) is 0. The smallest absolute Gasteiger partial charge is 0.205 e. The Morgan fingerprint density at radius 3 is 1.96 bits per heavy atom. The number of hydrogen-bond acceptors (Lipinski definition) is 2. The molecule has 0 saturated carbocycles. The largest absolute Gasteiger partial charge is 0.468 e. The summed E-state index contributed by atoms with van der Waals surface area (Å²) in [6.07, 6.45) is 2.19. The maximum Gasteiger partial charge on any atom is 0.205 e. The van der Waals surface area contributed by atoms with Crippen LogP contribution >= 0.6 is 7.29 Å². The van der Waals surface area contributed by atoms with Gasteiger partial charge in [-0.2, -0.15) is 0 Å². The molecule has 28 heavy (non-hydrogen) atoms. The van der Waals surface area contributed by atoms with Crippen LogP contribution in [-0.2, 0) is 4.57 Å². The van der Waals surface area contributed by atoms with E-state index in [0.29, 0.717) is 6.42 Å². The minimum absolute atomic E-state index is 0.259. The van der Waals surface area contributed by atoms with E-state index >= 15 is 0 Å². The molecule has 1 aromatic heterocycles. The van der Waals surface area contributed by atoms with Gasteiger partial charge in [0.05, 0.1) is 12.3 Å². The van der Waals surface area contributed by atoms with Crippen molar-refractivity contribution < 1.29 is 8.98 Å². The van der Waals surface area contributed by atoms with Gasteiger partial charge < -0.3 is 4.42 Å². The molecule has 1 heterocycles. The van der Waals surface area contributed by atoms with Gasteiger partial charge in [0, 0.05) is 17.0 Å². The summed E-state index contributed by atoms with van der Waals surface area (Å²) in [6.45, 7) is 6.65. The molecular weight excluding hydrogens is 381 g/mol. The lowest BCUT2D eigenvalue weighted by Gasteiger charge is -2.25. The first-order chi connectivity index (χ1) is 13.4. The molecule has 3 rings (SSSR count). The third-order valence-electron chi connectivity index (χ3n) is 4.23. The van der Waals surface area contributed by atoms with Gasteiger partial charge in [0.25, 0.3) is 0 Å². The molecule has 0 aliphatic heterocycles. The summed E-state index contributed by atoms with van der Waals surface area (Å²) in [5.41, 5.74) is 3.40. The van der Waals surface area contributed by atoms with Crippen molar-refractivity contribution in [3.05, 3.63) is 84.8 Å². The molecule has 0 fully saturated rings. The Morgan fingerprint density at radius 2 is 1.50 bits per heavy atom. The van der Waals surface area contributed by atoms with Crippen LogP contribution in [0.1, 0.15) is 18.2 Å². The average molecular weight is 408 g/mol. The number of hydrogen-bond donors (Lipinski definition) is 1. The zero-order valence-electron chi connectivity index (χ0n) is 16.6. The quantitative estimate of drug-likeness (QED) is 0.351. The molecular formula is C23H26NO2PSi. The molecule has 0 aliphatic rings. The van der Waals surface area contributed by atoms with E-state index in [1.54, 1.807) is 6.26 Å². The van der Waals surface area contributed by atoms with Crippen molar-refractivity contribution in [2.45, 2.75) is 32.1 Å². The van der Waals surface area contributed by atoms with E-state index in [1.807, 2.05) is 72.8 Å². The lowest BCUT2D eigenvalue weighted by molar-refractivity contribution is 0.450. The number of furan rings is 1. The van der Waals surface area contributed by atoms with E-state index in [1.165, 1.54) is 0 Å². The molecule has 0 unspecified atom stereocenters. The molecule has 0 bridgehead atoms. The van der Waals surface area contributed by atoms with Crippen LogP contribution in [-0.4, -0.2) is 8.07 Å². The van der Waals surface area contributed by atoms with Crippen molar-refractivity contribution in [1.82, 2.24) is 5.09 Å². The van der Waals surface area contributed by atoms with Gasteiger partial charge in [-0.3, -0.25) is 4.57 Å². The Morgan fingerprint density at radius 1 is 0.929 bits per heavy atom. The Balaban J connectivity index is 2.01. The molecule has 0 saturated heterocycles. The third-order valence-corrected chi connectivity index (χ3v) is 7.89. The Bertz CT molecular complexity index is 940. The highest BCUT2D eigenvalue weighted by atomic mass is 31.2. The summed E-state index contributed by atoms with van der Waals surface area (Å²) in [5.74, 6) is 4.05. The molecule has 5 heteroatoms. The van der Waals surface area contributed by atoms with Crippen LogP contribution < -0.4 is 15.7 Å². The minimum Gasteiger partial charge on any atom is -0.468 e. The molecule has 144 valence electrons. The third kappa shape index (κ3) is 5.14. The molecule has 0 aliphatic carbocycles. The van der Waals surface area contributed by atoms with Crippen LogP contribution in [0.25, 0.3) is 0 Å². The predicted molar refractivity (Wildman–Crippen MR) is 120 cm³/mol. The van der Waals surface area contributed by atoms with E-state index < -0.39 is 15.4 Å². The maximum atomic E-state index is 14.3. The monoisotopic (exact) mass is 407 g/mol. The van der Waals surface area contributed by atoms with Crippen LogP contribution in [0, 0.1) is 11.5 Å². The lowest BCUT2D eigenvalue weighted by atomic mass is 10.2. The first-order valence-corrected chi connectivity index (χ1v) is 14.6. The minimum atomic E-state index is -3.07. The fourth-order valence-corrected chi connectivity index (χ4v) is 5.98. The van der Waals surface area contributed by atoms with Gasteiger partial charge in [0.2, 0.25) is 7.29 Å². The molecule has 0 spiro atoms. The molecule has 1 N–H and O–H groups in total. The van der Waals surface area contributed by atoms with E-state index in [0.717, 1.165) is 16.4 Å². The first-order valence-electron chi connectivity index (χ1n) is 9.41. The second-order valence-corrected chi connectivity index (χ2v) is 15.0. The van der Waals surface area contributed by atoms with Gasteiger partial charge >= 0.3 is 0 Å². The van der Waals surface area contributed by atoms with Crippen LogP contribution in [0.3, 0.4) is 0 Å². The van der Waals surface area contributed by atoms with Crippen molar-refractivity contribution in [2.75, 3.05) is 0 Å². The predicted octanol–water partition coefficient (Wildman–Crippen LogP) is 5.11. The molecule has 2 aromatic carbocycles. The van der Waals surface area contributed by atoms with E-state index in [9.17, 15) is 4.57 Å². The Labute approximate surface area is 168 Å². The lowest BCUT2D eigenvalue weighted by Crippen LogP contribution is -2.30. The number of rotatable bonds is 6. The van der Waals surface area contributed by atoms with Gasteiger partial charge in [-0.05, 0) is 36.4 Å². The molecule has 3 nitrogen and oxygen atoms in total. The van der Waals surface area contributed by atoms with E-state index in [2.05, 4.69) is 36.2 Å². The van der Waals surface area contributed by atoms with Crippen LogP contribution in [0.4, 0.5) is 0 Å². The molecule has 3 aromatic rings. The van der Waals surface area contributed by atoms with Crippen molar-refractivity contribution in [1.29, 1.82) is 0 Å². The normalized spacial score (nSPS) is 12.8. The fourth-order valence-electron chi connectivity index (χ4n) is 2.91. The fraction of sp³-hybridized carbons (Fsp3) is 0.217. The van der Waals surface area contributed by atoms with Crippen molar-refractivity contribution in [2.24, 2.45) is 0 Å². The van der Waals surface area contributed by atoms with E-state index in [-0.39, 0.29) is 6.04 Å². The number of nitrogens with one attached hydrogen (secondary N) is 1. The van der Waals surface area contributed by atoms with Crippen molar-refractivity contribution >= 4 is 26.0 Å². The molecule has 0 radical (unpaired) electrons. The Hall–Kier alpha value is -2.31. The topological polar surface area (TPSA) is 42.2 Å². The van der Waals surface area contributed by atoms with Gasteiger partial charge in [-0.15, -0.1) is 11.5 Å². The highest BCUT2D eigenvalue weighted by Gasteiger charge is 2.31. The van der Waals surface area contributed by atoms with Crippen LogP contribution in [0.2, 0.25) is 19.6 Å². The maximum absolute atomic E-state index is 14.3. The second kappa shape index (κ2) is 8.79. The van der Waals surface area contributed by atoms with Crippen LogP contribution in [0.15, 0.2) is 83.5 Å². The van der Waals surface area contributed by atoms with Crippen molar-refractivity contribution in [3.63, 3.8) is 0 Å². The summed E-state index contributed by atoms with van der Waals surface area (Å²) in [6, 6.07) is 22.7.